The van der Waals surface area contributed by atoms with Gasteiger partial charge in [-0.3, -0.25) is 9.78 Å². The van der Waals surface area contributed by atoms with E-state index in [-0.39, 0.29) is 11.1 Å². The second-order valence-corrected chi connectivity index (χ2v) is 5.44. The Labute approximate surface area is 126 Å². The minimum Gasteiger partial charge on any atom is -0.297 e. The topological polar surface area (TPSA) is 78.7 Å². The number of hydrogen-bond donors (Lipinski definition) is 1. The Balaban J connectivity index is 2.89. The molecule has 0 bridgehead atoms. The van der Waals surface area contributed by atoms with E-state index in [1.54, 1.807) is 19.1 Å². The molecule has 0 aliphatic rings. The molecule has 21 heavy (non-hydrogen) atoms. The zero-order chi connectivity index (χ0) is 15.7. The van der Waals surface area contributed by atoms with Crippen LogP contribution in [0.2, 0.25) is 5.15 Å². The molecule has 108 valence electrons. The highest BCUT2D eigenvalue weighted by Crippen LogP contribution is 2.18. The van der Waals surface area contributed by atoms with Crippen molar-refractivity contribution in [2.75, 3.05) is 0 Å². The normalized spacial score (nSPS) is 10.7. The summed E-state index contributed by atoms with van der Waals surface area (Å²) in [7, 11) is 0. The van der Waals surface area contributed by atoms with E-state index < -0.39 is 11.2 Å². The van der Waals surface area contributed by atoms with E-state index in [2.05, 4.69) is 4.98 Å². The van der Waals surface area contributed by atoms with Crippen molar-refractivity contribution in [1.82, 2.24) is 9.55 Å². The van der Waals surface area contributed by atoms with E-state index in [4.69, 9.17) is 16.9 Å². The van der Waals surface area contributed by atoms with Gasteiger partial charge in [-0.15, -0.1) is 0 Å². The number of nitriles is 1. The molecule has 1 heterocycles. The number of rotatable bonds is 2. The lowest BCUT2D eigenvalue weighted by atomic mass is 10.1. The zero-order valence-electron chi connectivity index (χ0n) is 11.9. The minimum atomic E-state index is -0.618. The van der Waals surface area contributed by atoms with Gasteiger partial charge in [-0.25, -0.2) is 9.36 Å². The molecular formula is C15H14ClN3O2. The second-order valence-electron chi connectivity index (χ2n) is 5.07. The summed E-state index contributed by atoms with van der Waals surface area (Å²) in [4.78, 5) is 27.2. The average molecular weight is 304 g/mol. The monoisotopic (exact) mass is 303 g/mol. The molecule has 0 spiro atoms. The minimum absolute atomic E-state index is 0.0605. The van der Waals surface area contributed by atoms with E-state index in [1.807, 2.05) is 19.9 Å². The van der Waals surface area contributed by atoms with Crippen LogP contribution >= 0.6 is 11.6 Å². The molecule has 0 aliphatic heterocycles. The first-order valence-corrected chi connectivity index (χ1v) is 6.80. The van der Waals surface area contributed by atoms with Gasteiger partial charge in [0.2, 0.25) is 0 Å². The van der Waals surface area contributed by atoms with Crippen LogP contribution in [0, 0.1) is 18.3 Å². The average Bonchev–Trinajstić information content (AvgIpc) is 2.39. The highest BCUT2D eigenvalue weighted by atomic mass is 35.5. The van der Waals surface area contributed by atoms with Crippen LogP contribution in [0.15, 0.2) is 27.8 Å². The van der Waals surface area contributed by atoms with Gasteiger partial charge < -0.3 is 0 Å². The molecule has 0 aliphatic carbocycles. The lowest BCUT2D eigenvalue weighted by Gasteiger charge is -2.13. The maximum atomic E-state index is 12.6. The highest BCUT2D eigenvalue weighted by Gasteiger charge is 2.17. The molecule has 0 atom stereocenters. The molecule has 1 aromatic heterocycles. The summed E-state index contributed by atoms with van der Waals surface area (Å²) in [5, 5.41) is 9.04. The van der Waals surface area contributed by atoms with Gasteiger partial charge in [-0.2, -0.15) is 5.26 Å². The first-order chi connectivity index (χ1) is 9.86. The van der Waals surface area contributed by atoms with Crippen LogP contribution in [0.4, 0.5) is 0 Å². The maximum absolute atomic E-state index is 12.6. The standard InChI is InChI=1S/C15H14ClN3O2/c1-8(2)12-13(16)18-15(21)19(14(12)20)11-6-10(7-17)5-4-9(11)3/h4-6,8H,1-3H3,(H,18,21). The van der Waals surface area contributed by atoms with Crippen LogP contribution in [0.5, 0.6) is 0 Å². The molecule has 5 nitrogen and oxygen atoms in total. The third kappa shape index (κ3) is 2.63. The first-order valence-electron chi connectivity index (χ1n) is 6.42. The van der Waals surface area contributed by atoms with E-state index in [9.17, 15) is 9.59 Å². The molecule has 0 amide bonds. The number of aromatic amines is 1. The van der Waals surface area contributed by atoms with Crippen molar-refractivity contribution in [2.24, 2.45) is 0 Å². The quantitative estimate of drug-likeness (QED) is 0.866. The lowest BCUT2D eigenvalue weighted by molar-refractivity contribution is 0.775. The summed E-state index contributed by atoms with van der Waals surface area (Å²) in [6, 6.07) is 6.85. The van der Waals surface area contributed by atoms with Gasteiger partial charge in [0, 0.05) is 0 Å². The summed E-state index contributed by atoms with van der Waals surface area (Å²) < 4.78 is 1.03. The molecule has 2 aromatic rings. The molecule has 6 heteroatoms. The largest absolute Gasteiger partial charge is 0.334 e. The number of nitrogens with one attached hydrogen (secondary N) is 1. The fraction of sp³-hybridized carbons (Fsp3) is 0.267. The van der Waals surface area contributed by atoms with Gasteiger partial charge in [-0.1, -0.05) is 31.5 Å². The fourth-order valence-corrected chi connectivity index (χ4v) is 2.54. The Morgan fingerprint density at radius 3 is 2.57 bits per heavy atom. The molecule has 0 saturated heterocycles. The van der Waals surface area contributed by atoms with Crippen molar-refractivity contribution < 1.29 is 0 Å². The predicted octanol–water partition coefficient (Wildman–Crippen LogP) is 2.48. The number of nitrogens with zero attached hydrogens (tertiary/aromatic N) is 2. The first kappa shape index (κ1) is 15.1. The highest BCUT2D eigenvalue weighted by molar-refractivity contribution is 6.30. The Kier molecular flexibility index (Phi) is 4.01. The number of aryl methyl sites for hydroxylation is 1. The van der Waals surface area contributed by atoms with Gasteiger partial charge >= 0.3 is 5.69 Å². The molecule has 0 radical (unpaired) electrons. The predicted molar refractivity (Wildman–Crippen MR) is 81.2 cm³/mol. The van der Waals surface area contributed by atoms with Gasteiger partial charge in [0.15, 0.2) is 0 Å². The van der Waals surface area contributed by atoms with Crippen molar-refractivity contribution >= 4 is 11.6 Å². The smallest absolute Gasteiger partial charge is 0.297 e. The molecule has 0 unspecified atom stereocenters. The SMILES string of the molecule is Cc1ccc(C#N)cc1-n1c(=O)[nH]c(Cl)c(C(C)C)c1=O. The maximum Gasteiger partial charge on any atom is 0.334 e. The molecule has 1 N–H and O–H groups in total. The van der Waals surface area contributed by atoms with Crippen LogP contribution < -0.4 is 11.2 Å². The van der Waals surface area contributed by atoms with E-state index in [0.29, 0.717) is 16.8 Å². The van der Waals surface area contributed by atoms with Gasteiger partial charge in [-0.05, 0) is 30.5 Å². The lowest BCUT2D eigenvalue weighted by Crippen LogP contribution is -2.37. The Morgan fingerprint density at radius 1 is 1.33 bits per heavy atom. The molecule has 1 aromatic carbocycles. The van der Waals surface area contributed by atoms with Gasteiger partial charge in [0.05, 0.1) is 22.9 Å². The summed E-state index contributed by atoms with van der Waals surface area (Å²) in [5.74, 6) is -0.132. The molecular weight excluding hydrogens is 290 g/mol. The summed E-state index contributed by atoms with van der Waals surface area (Å²) >= 11 is 5.97. The Hall–Kier alpha value is -2.32. The fourth-order valence-electron chi connectivity index (χ4n) is 2.16. The van der Waals surface area contributed by atoms with Crippen molar-refractivity contribution in [3.05, 3.63) is 60.9 Å². The number of H-pyrrole nitrogens is 1. The van der Waals surface area contributed by atoms with Gasteiger partial charge in [0.25, 0.3) is 5.56 Å². The number of hydrogen-bond acceptors (Lipinski definition) is 3. The van der Waals surface area contributed by atoms with Crippen LogP contribution in [-0.2, 0) is 0 Å². The molecule has 0 saturated carbocycles. The Morgan fingerprint density at radius 2 is 2.00 bits per heavy atom. The van der Waals surface area contributed by atoms with Crippen molar-refractivity contribution in [1.29, 1.82) is 5.26 Å². The zero-order valence-corrected chi connectivity index (χ0v) is 12.7. The summed E-state index contributed by atoms with van der Waals surface area (Å²) in [6.45, 7) is 5.42. The van der Waals surface area contributed by atoms with Crippen LogP contribution in [0.3, 0.4) is 0 Å². The second kappa shape index (κ2) is 5.58. The molecule has 2 rings (SSSR count). The van der Waals surface area contributed by atoms with Crippen LogP contribution in [0.1, 0.15) is 36.5 Å². The van der Waals surface area contributed by atoms with E-state index in [1.165, 1.54) is 6.07 Å². The van der Waals surface area contributed by atoms with Crippen molar-refractivity contribution in [3.63, 3.8) is 0 Å². The van der Waals surface area contributed by atoms with Crippen LogP contribution in [-0.4, -0.2) is 9.55 Å². The van der Waals surface area contributed by atoms with E-state index >= 15 is 0 Å². The molecule has 0 fully saturated rings. The van der Waals surface area contributed by atoms with Crippen LogP contribution in [0.25, 0.3) is 5.69 Å². The summed E-state index contributed by atoms with van der Waals surface area (Å²) in [5.41, 5.74) is 0.753. The number of aromatic nitrogens is 2. The summed E-state index contributed by atoms with van der Waals surface area (Å²) in [6.07, 6.45) is 0. The van der Waals surface area contributed by atoms with Crippen molar-refractivity contribution in [2.45, 2.75) is 26.7 Å². The number of halogens is 1. The third-order valence-corrected chi connectivity index (χ3v) is 3.54. The third-order valence-electron chi connectivity index (χ3n) is 3.25. The number of benzene rings is 1. The van der Waals surface area contributed by atoms with E-state index in [0.717, 1.165) is 10.1 Å². The van der Waals surface area contributed by atoms with Crippen molar-refractivity contribution in [3.8, 4) is 11.8 Å². The Bertz CT molecular complexity index is 857. The van der Waals surface area contributed by atoms with Gasteiger partial charge in [0.1, 0.15) is 5.15 Å².